The quantitative estimate of drug-likeness (QED) is 0.649. The molecule has 3 aliphatic rings. The van der Waals surface area contributed by atoms with Crippen LogP contribution in [0.5, 0.6) is 0 Å². The van der Waals surface area contributed by atoms with Gasteiger partial charge in [-0.05, 0) is 0 Å². The number of nitrogens with zero attached hydrogens (tertiary/aromatic N) is 3. The van der Waals surface area contributed by atoms with Gasteiger partial charge in [-0.1, -0.05) is 0 Å². The van der Waals surface area contributed by atoms with Gasteiger partial charge in [0.25, 0.3) is 0 Å². The molecular weight excluding hydrogens is 367 g/mol. The predicted octanol–water partition coefficient (Wildman–Crippen LogP) is 1.24. The van der Waals surface area contributed by atoms with Crippen LogP contribution >= 0.6 is 20.4 Å². The van der Waals surface area contributed by atoms with Gasteiger partial charge in [0, 0.05) is 0 Å². The summed E-state index contributed by atoms with van der Waals surface area (Å²) in [5.74, 6) is 1.52. The van der Waals surface area contributed by atoms with Crippen molar-refractivity contribution in [3.05, 3.63) is 21.5 Å². The van der Waals surface area contributed by atoms with Gasteiger partial charge < -0.3 is 0 Å². The van der Waals surface area contributed by atoms with Crippen LogP contribution in [0.2, 0.25) is 0 Å². The minimum atomic E-state index is -0.0917. The zero-order chi connectivity index (χ0) is 10.4. The molecule has 0 spiro atoms. The standard InChI is InChI=1S/C7H5FN3S2Se2/c1-2-11-6-4(12-14-9-6)3(8)5-7(11)10-15-13-5/h2H2,1H3. The molecule has 0 saturated heterocycles. The molecule has 0 fully saturated rings. The molecule has 0 atom stereocenters. The summed E-state index contributed by atoms with van der Waals surface area (Å²) in [7, 11) is 3.08. The average Bonchev–Trinajstić information content (AvgIpc) is 2.85. The third kappa shape index (κ3) is 1.51. The van der Waals surface area contributed by atoms with Gasteiger partial charge >= 0.3 is 107 Å². The summed E-state index contributed by atoms with van der Waals surface area (Å²) in [4.78, 5) is 3.50. The molecule has 0 saturated carbocycles. The van der Waals surface area contributed by atoms with Crippen LogP contribution in [-0.2, 0) is 0 Å². The Morgan fingerprint density at radius 2 is 2.13 bits per heavy atom. The van der Waals surface area contributed by atoms with E-state index in [0.29, 0.717) is 0 Å². The van der Waals surface area contributed by atoms with E-state index in [9.17, 15) is 4.39 Å². The maximum absolute atomic E-state index is 14.0. The Kier molecular flexibility index (Phi) is 2.83. The third-order valence-corrected chi connectivity index (χ3v) is 8.18. The van der Waals surface area contributed by atoms with Crippen molar-refractivity contribution in [1.29, 1.82) is 0 Å². The first-order valence-electron chi connectivity index (χ1n) is 4.21. The maximum atomic E-state index is 14.0. The molecule has 0 aromatic carbocycles. The molecule has 3 nitrogen and oxygen atoms in total. The fourth-order valence-corrected chi connectivity index (χ4v) is 7.91. The van der Waals surface area contributed by atoms with Crippen molar-refractivity contribution < 1.29 is 4.39 Å². The Labute approximate surface area is 106 Å². The van der Waals surface area contributed by atoms with Crippen LogP contribution < -0.4 is 4.33 Å². The van der Waals surface area contributed by atoms with Crippen molar-refractivity contribution in [2.45, 2.75) is 6.92 Å². The Morgan fingerprint density at radius 1 is 1.33 bits per heavy atom. The molecular formula is C7H5FN3S2Se2. The van der Waals surface area contributed by atoms with Crippen LogP contribution in [0.3, 0.4) is 0 Å². The van der Waals surface area contributed by atoms with E-state index < -0.39 is 0 Å². The fraction of sp³-hybridized carbons (Fsp3) is 0.286. The van der Waals surface area contributed by atoms with Gasteiger partial charge in [0.1, 0.15) is 0 Å². The van der Waals surface area contributed by atoms with Gasteiger partial charge in [0.2, 0.25) is 0 Å². The van der Waals surface area contributed by atoms with Gasteiger partial charge in [-0.25, -0.2) is 0 Å². The molecule has 15 heavy (non-hydrogen) atoms. The third-order valence-electron chi connectivity index (χ3n) is 2.12. The van der Waals surface area contributed by atoms with Gasteiger partial charge in [-0.2, -0.15) is 0 Å². The number of fused-ring (bicyclic) bond motifs is 1. The number of allylic oxidation sites excluding steroid dienone is 1. The van der Waals surface area contributed by atoms with Crippen molar-refractivity contribution in [3.8, 4) is 0 Å². The van der Waals surface area contributed by atoms with E-state index in [4.69, 9.17) is 0 Å². The summed E-state index contributed by atoms with van der Waals surface area (Å²) in [5, 5.41) is 0. The Balaban J connectivity index is 2.14. The summed E-state index contributed by atoms with van der Waals surface area (Å²) < 4.78 is 22.8. The topological polar surface area (TPSA) is 29.7 Å². The molecule has 0 aromatic rings. The summed E-state index contributed by atoms with van der Waals surface area (Å²) in [5.41, 5.74) is 0. The molecule has 0 N–H and O–H groups in total. The first-order chi connectivity index (χ1) is 7.33. The van der Waals surface area contributed by atoms with E-state index in [2.05, 4.69) is 15.3 Å². The Morgan fingerprint density at radius 3 is 2.93 bits per heavy atom. The van der Waals surface area contributed by atoms with Crippen molar-refractivity contribution in [3.63, 3.8) is 0 Å². The predicted molar refractivity (Wildman–Crippen MR) is 63.8 cm³/mol. The van der Waals surface area contributed by atoms with E-state index in [1.165, 1.54) is 0 Å². The number of hydrogen-bond acceptors (Lipinski definition) is 4. The summed E-state index contributed by atoms with van der Waals surface area (Å²) in [6, 6.07) is 0. The zero-order valence-corrected chi connectivity index (χ0v) is 12.6. The van der Waals surface area contributed by atoms with Gasteiger partial charge in [0.05, 0.1) is 0 Å². The van der Waals surface area contributed by atoms with E-state index in [-0.39, 0.29) is 33.9 Å². The van der Waals surface area contributed by atoms with E-state index >= 15 is 0 Å². The number of rotatable bonds is 1. The van der Waals surface area contributed by atoms with Gasteiger partial charge in [-0.3, -0.25) is 0 Å². The number of likely N-dealkylation sites (N-methyl/N-ethyl adjacent to an activating group) is 1. The molecule has 0 amide bonds. The summed E-state index contributed by atoms with van der Waals surface area (Å²) >= 11 is 0.204. The van der Waals surface area contributed by atoms with Crippen molar-refractivity contribution in [2.24, 2.45) is 4.01 Å². The molecule has 8 heteroatoms. The van der Waals surface area contributed by atoms with Crippen LogP contribution in [0.15, 0.2) is 25.5 Å². The van der Waals surface area contributed by atoms with Crippen molar-refractivity contribution >= 4 is 54.3 Å². The van der Waals surface area contributed by atoms with Crippen molar-refractivity contribution in [2.75, 3.05) is 6.54 Å². The summed E-state index contributed by atoms with van der Waals surface area (Å²) in [6.45, 7) is 2.86. The first kappa shape index (κ1) is 10.6. The average molecular weight is 372 g/mol. The molecule has 79 valence electrons. The fourth-order valence-electron chi connectivity index (χ4n) is 1.46. The van der Waals surface area contributed by atoms with E-state index in [1.807, 2.05) is 4.90 Å². The SMILES string of the molecule is CCN1C2=N[Se]SC2=C(F)C2=C1[N][Se]S2. The van der Waals surface area contributed by atoms with Crippen LogP contribution in [-0.4, -0.2) is 45.4 Å². The second-order valence-electron chi connectivity index (χ2n) is 2.86. The molecule has 0 aliphatic carbocycles. The van der Waals surface area contributed by atoms with Crippen LogP contribution in [0.25, 0.3) is 0 Å². The second-order valence-corrected chi connectivity index (χ2v) is 9.05. The van der Waals surface area contributed by atoms with Crippen LogP contribution in [0.4, 0.5) is 4.39 Å². The van der Waals surface area contributed by atoms with Gasteiger partial charge in [-0.15, -0.1) is 0 Å². The molecule has 0 aromatic heterocycles. The van der Waals surface area contributed by atoms with Crippen molar-refractivity contribution in [1.82, 2.24) is 9.23 Å². The Hall–Kier alpha value is 0.419. The molecule has 3 aliphatic heterocycles. The number of amidine groups is 1. The van der Waals surface area contributed by atoms with Gasteiger partial charge in [0.15, 0.2) is 0 Å². The van der Waals surface area contributed by atoms with E-state index in [0.717, 1.165) is 28.0 Å². The Bertz CT molecular complexity index is 420. The summed E-state index contributed by atoms with van der Waals surface area (Å²) in [6.07, 6.45) is 0. The normalized spacial score (nSPS) is 24.1. The van der Waals surface area contributed by atoms with Crippen LogP contribution in [0, 0.1) is 0 Å². The van der Waals surface area contributed by atoms with E-state index in [1.54, 1.807) is 20.4 Å². The monoisotopic (exact) mass is 374 g/mol. The molecule has 0 unspecified atom stereocenters. The second kappa shape index (κ2) is 4.02. The zero-order valence-electron chi connectivity index (χ0n) is 7.56. The first-order valence-corrected chi connectivity index (χ1v) is 11.4. The molecule has 3 rings (SSSR count). The number of halogens is 1. The molecule has 3 heterocycles. The number of hydrogen-bond donors (Lipinski definition) is 0. The minimum absolute atomic E-state index is 0.0917. The molecule has 1 radical (unpaired) electrons. The van der Waals surface area contributed by atoms with Crippen LogP contribution in [0.1, 0.15) is 6.92 Å². The molecule has 0 bridgehead atoms.